The van der Waals surface area contributed by atoms with Crippen LogP contribution < -0.4 is 15.4 Å². The van der Waals surface area contributed by atoms with E-state index in [0.29, 0.717) is 23.7 Å². The van der Waals surface area contributed by atoms with Crippen molar-refractivity contribution in [3.05, 3.63) is 53.1 Å². The summed E-state index contributed by atoms with van der Waals surface area (Å²) in [6.07, 6.45) is 0.346. The number of piperazine rings is 1. The average Bonchev–Trinajstić information content (AvgIpc) is 2.76. The highest BCUT2D eigenvalue weighted by Gasteiger charge is 2.15. The molecule has 0 bridgehead atoms. The molecule has 1 heterocycles. The van der Waals surface area contributed by atoms with Crippen LogP contribution in [0.15, 0.2) is 42.5 Å². The molecule has 1 amide bonds. The largest absolute Gasteiger partial charge is 0.495 e. The third-order valence-electron chi connectivity index (χ3n) is 5.39. The molecule has 3 rings (SSSR count). The molecule has 1 aliphatic heterocycles. The second-order valence-electron chi connectivity index (χ2n) is 7.48. The lowest BCUT2D eigenvalue weighted by molar-refractivity contribution is -0.115. The molecule has 2 N–H and O–H groups in total. The van der Waals surface area contributed by atoms with Crippen molar-refractivity contribution < 1.29 is 9.53 Å². The van der Waals surface area contributed by atoms with Gasteiger partial charge in [0.05, 0.1) is 12.8 Å². The summed E-state index contributed by atoms with van der Waals surface area (Å²) in [5.41, 5.74) is 2.87. The van der Waals surface area contributed by atoms with E-state index >= 15 is 0 Å². The average molecular weight is 431 g/mol. The Kier molecular flexibility index (Phi) is 8.37. The number of carbonyl (C=O) groups is 1. The molecule has 2 aromatic carbocycles. The van der Waals surface area contributed by atoms with Gasteiger partial charge in [0.2, 0.25) is 5.91 Å². The van der Waals surface area contributed by atoms with Crippen molar-refractivity contribution in [2.75, 3.05) is 57.0 Å². The summed E-state index contributed by atoms with van der Waals surface area (Å²) in [4.78, 5) is 17.2. The van der Waals surface area contributed by atoms with Gasteiger partial charge in [0.15, 0.2) is 0 Å². The Labute approximate surface area is 184 Å². The van der Waals surface area contributed by atoms with Gasteiger partial charge in [-0.15, -0.1) is 0 Å². The standard InChI is InChI=1S/C23H31ClN4O2/c1-3-27-12-14-28(15-13-27)17-18-4-7-20(8-5-18)26-23(29)10-11-25-21-16-19(24)6-9-22(21)30-2/h4-9,16,25H,3,10-15,17H2,1-2H3,(H,26,29). The predicted molar refractivity (Wildman–Crippen MR) is 124 cm³/mol. The minimum Gasteiger partial charge on any atom is -0.495 e. The van der Waals surface area contributed by atoms with Gasteiger partial charge in [-0.2, -0.15) is 0 Å². The van der Waals surface area contributed by atoms with E-state index in [-0.39, 0.29) is 5.91 Å². The Morgan fingerprint density at radius 3 is 2.43 bits per heavy atom. The molecule has 162 valence electrons. The number of methoxy groups -OCH3 is 1. The lowest BCUT2D eigenvalue weighted by Gasteiger charge is -2.34. The molecule has 0 unspecified atom stereocenters. The van der Waals surface area contributed by atoms with Crippen LogP contribution >= 0.6 is 11.6 Å². The van der Waals surface area contributed by atoms with Gasteiger partial charge in [-0.3, -0.25) is 9.69 Å². The summed E-state index contributed by atoms with van der Waals surface area (Å²) in [5, 5.41) is 6.78. The molecule has 1 aliphatic rings. The van der Waals surface area contributed by atoms with Crippen molar-refractivity contribution >= 4 is 28.9 Å². The molecule has 0 aliphatic carbocycles. The van der Waals surface area contributed by atoms with Crippen LogP contribution in [0.1, 0.15) is 18.9 Å². The van der Waals surface area contributed by atoms with Crippen molar-refractivity contribution in [3.63, 3.8) is 0 Å². The van der Waals surface area contributed by atoms with Gasteiger partial charge in [-0.25, -0.2) is 0 Å². The normalized spacial score (nSPS) is 15.0. The fourth-order valence-electron chi connectivity index (χ4n) is 3.57. The molecule has 0 aromatic heterocycles. The molecular formula is C23H31ClN4O2. The number of nitrogens with zero attached hydrogens (tertiary/aromatic N) is 2. The van der Waals surface area contributed by atoms with E-state index in [9.17, 15) is 4.79 Å². The number of carbonyl (C=O) groups excluding carboxylic acids is 1. The number of hydrogen-bond donors (Lipinski definition) is 2. The van der Waals surface area contributed by atoms with Crippen LogP contribution in [0.5, 0.6) is 5.75 Å². The first-order chi connectivity index (χ1) is 14.6. The molecule has 7 heteroatoms. The topological polar surface area (TPSA) is 56.8 Å². The lowest BCUT2D eigenvalue weighted by Crippen LogP contribution is -2.45. The van der Waals surface area contributed by atoms with Crippen molar-refractivity contribution in [3.8, 4) is 5.75 Å². The maximum Gasteiger partial charge on any atom is 0.226 e. The molecule has 0 spiro atoms. The van der Waals surface area contributed by atoms with E-state index in [0.717, 1.165) is 50.6 Å². The van der Waals surface area contributed by atoms with E-state index in [1.165, 1.54) is 5.56 Å². The predicted octanol–water partition coefficient (Wildman–Crippen LogP) is 3.93. The second-order valence-corrected chi connectivity index (χ2v) is 7.91. The third kappa shape index (κ3) is 6.62. The Morgan fingerprint density at radius 2 is 1.77 bits per heavy atom. The van der Waals surface area contributed by atoms with E-state index in [2.05, 4.69) is 39.5 Å². The maximum absolute atomic E-state index is 12.3. The Morgan fingerprint density at radius 1 is 1.07 bits per heavy atom. The van der Waals surface area contributed by atoms with Crippen molar-refractivity contribution in [2.45, 2.75) is 19.9 Å². The summed E-state index contributed by atoms with van der Waals surface area (Å²) in [5.74, 6) is 0.665. The first-order valence-electron chi connectivity index (χ1n) is 10.5. The summed E-state index contributed by atoms with van der Waals surface area (Å²) in [6.45, 7) is 9.28. The molecule has 0 atom stereocenters. The SMILES string of the molecule is CCN1CCN(Cc2ccc(NC(=O)CCNc3cc(Cl)ccc3OC)cc2)CC1. The van der Waals surface area contributed by atoms with Crippen molar-refractivity contribution in [2.24, 2.45) is 0 Å². The Bertz CT molecular complexity index is 820. The number of ether oxygens (including phenoxy) is 1. The fourth-order valence-corrected chi connectivity index (χ4v) is 3.74. The fraction of sp³-hybridized carbons (Fsp3) is 0.435. The van der Waals surface area contributed by atoms with Gasteiger partial charge in [0.25, 0.3) is 0 Å². The summed E-state index contributed by atoms with van der Waals surface area (Å²) >= 11 is 6.03. The van der Waals surface area contributed by atoms with Crippen LogP contribution in [-0.4, -0.2) is 62.1 Å². The number of halogens is 1. The smallest absolute Gasteiger partial charge is 0.226 e. The monoisotopic (exact) mass is 430 g/mol. The highest BCUT2D eigenvalue weighted by Crippen LogP contribution is 2.27. The van der Waals surface area contributed by atoms with Gasteiger partial charge < -0.3 is 20.3 Å². The summed E-state index contributed by atoms with van der Waals surface area (Å²) in [7, 11) is 1.61. The van der Waals surface area contributed by atoms with Gasteiger partial charge in [0, 0.05) is 56.4 Å². The van der Waals surface area contributed by atoms with Crippen LogP contribution in [-0.2, 0) is 11.3 Å². The third-order valence-corrected chi connectivity index (χ3v) is 5.62. The number of amides is 1. The maximum atomic E-state index is 12.3. The van der Waals surface area contributed by atoms with E-state index < -0.39 is 0 Å². The number of rotatable bonds is 9. The number of benzene rings is 2. The zero-order chi connectivity index (χ0) is 21.3. The minimum atomic E-state index is -0.0352. The van der Waals surface area contributed by atoms with E-state index in [1.807, 2.05) is 12.1 Å². The lowest BCUT2D eigenvalue weighted by atomic mass is 10.1. The number of likely N-dealkylation sites (N-methyl/N-ethyl adjacent to an activating group) is 1. The number of nitrogens with one attached hydrogen (secondary N) is 2. The van der Waals surface area contributed by atoms with Crippen LogP contribution in [0, 0.1) is 0 Å². The van der Waals surface area contributed by atoms with Crippen LogP contribution in [0.3, 0.4) is 0 Å². The summed E-state index contributed by atoms with van der Waals surface area (Å²) in [6, 6.07) is 13.5. The number of hydrogen-bond acceptors (Lipinski definition) is 5. The van der Waals surface area contributed by atoms with Gasteiger partial charge >= 0.3 is 0 Å². The Hall–Kier alpha value is -2.28. The molecular weight excluding hydrogens is 400 g/mol. The van der Waals surface area contributed by atoms with Gasteiger partial charge in [-0.1, -0.05) is 30.7 Å². The highest BCUT2D eigenvalue weighted by molar-refractivity contribution is 6.30. The zero-order valence-corrected chi connectivity index (χ0v) is 18.5. The van der Waals surface area contributed by atoms with Gasteiger partial charge in [0.1, 0.15) is 5.75 Å². The van der Waals surface area contributed by atoms with E-state index in [4.69, 9.17) is 16.3 Å². The minimum absolute atomic E-state index is 0.0352. The zero-order valence-electron chi connectivity index (χ0n) is 17.8. The van der Waals surface area contributed by atoms with E-state index in [1.54, 1.807) is 25.3 Å². The summed E-state index contributed by atoms with van der Waals surface area (Å²) < 4.78 is 5.30. The van der Waals surface area contributed by atoms with Crippen LogP contribution in [0.25, 0.3) is 0 Å². The van der Waals surface area contributed by atoms with Gasteiger partial charge in [-0.05, 0) is 42.4 Å². The molecule has 0 radical (unpaired) electrons. The van der Waals surface area contributed by atoms with Crippen LogP contribution in [0.4, 0.5) is 11.4 Å². The quantitative estimate of drug-likeness (QED) is 0.631. The molecule has 1 saturated heterocycles. The number of anilines is 2. The first kappa shape index (κ1) is 22.4. The van der Waals surface area contributed by atoms with Crippen LogP contribution in [0.2, 0.25) is 5.02 Å². The van der Waals surface area contributed by atoms with Crippen molar-refractivity contribution in [1.29, 1.82) is 0 Å². The Balaban J connectivity index is 1.42. The molecule has 0 saturated carbocycles. The second kappa shape index (κ2) is 11.2. The molecule has 30 heavy (non-hydrogen) atoms. The molecule has 6 nitrogen and oxygen atoms in total. The molecule has 1 fully saturated rings. The highest BCUT2D eigenvalue weighted by atomic mass is 35.5. The van der Waals surface area contributed by atoms with Crippen molar-refractivity contribution in [1.82, 2.24) is 9.80 Å². The first-order valence-corrected chi connectivity index (χ1v) is 10.9. The molecule has 2 aromatic rings.